The Labute approximate surface area is 122 Å². The fourth-order valence-corrected chi connectivity index (χ4v) is 1.67. The molecule has 21 heavy (non-hydrogen) atoms. The van der Waals surface area contributed by atoms with Crippen LogP contribution in [-0.2, 0) is 16.1 Å². The molecule has 0 aliphatic heterocycles. The normalized spacial score (nSPS) is 10.5. The first-order chi connectivity index (χ1) is 10.2. The zero-order chi connectivity index (χ0) is 15.1. The second-order valence-corrected chi connectivity index (χ2v) is 4.24. The Bertz CT molecular complexity index is 627. The average molecular weight is 285 g/mol. The molecule has 5 heteroatoms. The lowest BCUT2D eigenvalue weighted by Crippen LogP contribution is -2.19. The van der Waals surface area contributed by atoms with Crippen LogP contribution in [0.15, 0.2) is 53.2 Å². The summed E-state index contributed by atoms with van der Waals surface area (Å²) in [7, 11) is 1.33. The fraction of sp³-hybridized carbons (Fsp3) is 0.125. The van der Waals surface area contributed by atoms with Gasteiger partial charge in [-0.05, 0) is 35.9 Å². The van der Waals surface area contributed by atoms with Crippen molar-refractivity contribution < 1.29 is 18.7 Å². The second-order valence-electron chi connectivity index (χ2n) is 4.24. The van der Waals surface area contributed by atoms with E-state index in [-0.39, 0.29) is 11.9 Å². The van der Waals surface area contributed by atoms with Gasteiger partial charge in [0, 0.05) is 6.08 Å². The molecule has 0 aliphatic rings. The van der Waals surface area contributed by atoms with Gasteiger partial charge in [-0.25, -0.2) is 4.79 Å². The lowest BCUT2D eigenvalue weighted by atomic mass is 10.1. The van der Waals surface area contributed by atoms with Crippen LogP contribution in [0.2, 0.25) is 0 Å². The van der Waals surface area contributed by atoms with Crippen LogP contribution in [0, 0.1) is 0 Å². The predicted octanol–water partition coefficient (Wildman–Crippen LogP) is 2.40. The highest BCUT2D eigenvalue weighted by Crippen LogP contribution is 2.07. The highest BCUT2D eigenvalue weighted by molar-refractivity contribution is 5.92. The van der Waals surface area contributed by atoms with Crippen LogP contribution >= 0.6 is 0 Å². The Balaban J connectivity index is 1.88. The van der Waals surface area contributed by atoms with Crippen molar-refractivity contribution in [3.05, 3.63) is 65.6 Å². The summed E-state index contributed by atoms with van der Waals surface area (Å²) >= 11 is 0. The largest absolute Gasteiger partial charge is 0.467 e. The molecule has 1 aromatic carbocycles. The zero-order valence-electron chi connectivity index (χ0n) is 11.5. The van der Waals surface area contributed by atoms with Crippen LogP contribution in [0.5, 0.6) is 0 Å². The molecule has 2 rings (SSSR count). The van der Waals surface area contributed by atoms with Gasteiger partial charge in [0.25, 0.3) is 0 Å². The molecule has 0 saturated carbocycles. The van der Waals surface area contributed by atoms with Crippen LogP contribution < -0.4 is 5.32 Å². The lowest BCUT2D eigenvalue weighted by molar-refractivity contribution is -0.116. The van der Waals surface area contributed by atoms with Crippen LogP contribution in [0.1, 0.15) is 21.7 Å². The Morgan fingerprint density at radius 1 is 1.24 bits per heavy atom. The van der Waals surface area contributed by atoms with Gasteiger partial charge in [-0.3, -0.25) is 4.79 Å². The Morgan fingerprint density at radius 2 is 2.00 bits per heavy atom. The van der Waals surface area contributed by atoms with Crippen molar-refractivity contribution >= 4 is 18.0 Å². The van der Waals surface area contributed by atoms with Gasteiger partial charge in [-0.1, -0.05) is 12.1 Å². The molecule has 0 unspecified atom stereocenters. The smallest absolute Gasteiger partial charge is 0.337 e. The summed E-state index contributed by atoms with van der Waals surface area (Å²) in [5.74, 6) is 0.0874. The summed E-state index contributed by atoms with van der Waals surface area (Å²) in [4.78, 5) is 22.9. The van der Waals surface area contributed by atoms with E-state index in [9.17, 15) is 9.59 Å². The van der Waals surface area contributed by atoms with E-state index in [4.69, 9.17) is 4.42 Å². The first-order valence-electron chi connectivity index (χ1n) is 6.35. The molecule has 0 bridgehead atoms. The van der Waals surface area contributed by atoms with Gasteiger partial charge in [0.05, 0.1) is 25.5 Å². The van der Waals surface area contributed by atoms with Crippen LogP contribution in [0.4, 0.5) is 0 Å². The summed E-state index contributed by atoms with van der Waals surface area (Å²) in [5, 5.41) is 2.70. The topological polar surface area (TPSA) is 68.5 Å². The van der Waals surface area contributed by atoms with Crippen LogP contribution in [0.25, 0.3) is 6.08 Å². The van der Waals surface area contributed by atoms with E-state index in [0.717, 1.165) is 5.56 Å². The summed E-state index contributed by atoms with van der Waals surface area (Å²) in [5.41, 5.74) is 1.28. The number of nitrogens with one attached hydrogen (secondary N) is 1. The molecule has 0 saturated heterocycles. The van der Waals surface area contributed by atoms with Gasteiger partial charge >= 0.3 is 5.97 Å². The molecule has 0 atom stereocenters. The maximum Gasteiger partial charge on any atom is 0.337 e. The lowest BCUT2D eigenvalue weighted by Gasteiger charge is -2.00. The number of benzene rings is 1. The fourth-order valence-electron chi connectivity index (χ4n) is 1.67. The third kappa shape index (κ3) is 4.35. The number of ether oxygens (including phenoxy) is 1. The molecule has 1 heterocycles. The van der Waals surface area contributed by atoms with E-state index in [1.165, 1.54) is 13.2 Å². The number of rotatable bonds is 5. The molecular formula is C16H15NO4. The molecule has 0 fully saturated rings. The first kappa shape index (κ1) is 14.6. The summed E-state index contributed by atoms with van der Waals surface area (Å²) in [6, 6.07) is 10.3. The predicted molar refractivity (Wildman–Crippen MR) is 77.4 cm³/mol. The number of methoxy groups -OCH3 is 1. The monoisotopic (exact) mass is 285 g/mol. The van der Waals surface area contributed by atoms with E-state index >= 15 is 0 Å². The Kier molecular flexibility index (Phi) is 4.93. The van der Waals surface area contributed by atoms with Crippen molar-refractivity contribution in [3.63, 3.8) is 0 Å². The van der Waals surface area contributed by atoms with E-state index < -0.39 is 0 Å². The average Bonchev–Trinajstić information content (AvgIpc) is 3.04. The van der Waals surface area contributed by atoms with Gasteiger partial charge in [-0.15, -0.1) is 0 Å². The molecule has 1 aromatic heterocycles. The van der Waals surface area contributed by atoms with Gasteiger partial charge in [0.2, 0.25) is 5.91 Å². The van der Waals surface area contributed by atoms with Gasteiger partial charge in [-0.2, -0.15) is 0 Å². The SMILES string of the molecule is COC(=O)c1ccc(C=CC(=O)NCc2ccco2)cc1. The minimum absolute atomic E-state index is 0.219. The third-order valence-electron chi connectivity index (χ3n) is 2.78. The van der Waals surface area contributed by atoms with Crippen molar-refractivity contribution in [1.29, 1.82) is 0 Å². The molecule has 1 amide bonds. The van der Waals surface area contributed by atoms with E-state index in [1.807, 2.05) is 0 Å². The zero-order valence-corrected chi connectivity index (χ0v) is 11.5. The minimum atomic E-state index is -0.387. The van der Waals surface area contributed by atoms with Crippen molar-refractivity contribution in [2.75, 3.05) is 7.11 Å². The Morgan fingerprint density at radius 3 is 2.62 bits per heavy atom. The minimum Gasteiger partial charge on any atom is -0.467 e. The standard InChI is InChI=1S/C16H15NO4/c1-20-16(19)13-7-4-12(5-8-13)6-9-15(18)17-11-14-3-2-10-21-14/h2-10H,11H2,1H3,(H,17,18). The second kappa shape index (κ2) is 7.09. The van der Waals surface area contributed by atoms with Crippen molar-refractivity contribution in [2.45, 2.75) is 6.54 Å². The van der Waals surface area contributed by atoms with Crippen molar-refractivity contribution in [1.82, 2.24) is 5.32 Å². The molecule has 1 N–H and O–H groups in total. The van der Waals surface area contributed by atoms with Gasteiger partial charge in [0.1, 0.15) is 5.76 Å². The van der Waals surface area contributed by atoms with Crippen molar-refractivity contribution in [2.24, 2.45) is 0 Å². The third-order valence-corrected chi connectivity index (χ3v) is 2.78. The van der Waals surface area contributed by atoms with Gasteiger partial charge < -0.3 is 14.5 Å². The highest BCUT2D eigenvalue weighted by atomic mass is 16.5. The van der Waals surface area contributed by atoms with Crippen molar-refractivity contribution in [3.8, 4) is 0 Å². The molecule has 0 radical (unpaired) electrons. The highest BCUT2D eigenvalue weighted by Gasteiger charge is 2.03. The maximum atomic E-state index is 11.6. The molecule has 108 valence electrons. The molecular weight excluding hydrogens is 270 g/mol. The molecule has 5 nitrogen and oxygen atoms in total. The number of amides is 1. The summed E-state index contributed by atoms with van der Waals surface area (Å²) < 4.78 is 9.72. The van der Waals surface area contributed by atoms with E-state index in [0.29, 0.717) is 17.9 Å². The molecule has 2 aromatic rings. The Hall–Kier alpha value is -2.82. The number of carbonyl (C=O) groups is 2. The quantitative estimate of drug-likeness (QED) is 0.676. The number of hydrogen-bond donors (Lipinski definition) is 1. The number of carbonyl (C=O) groups excluding carboxylic acids is 2. The number of esters is 1. The summed E-state index contributed by atoms with van der Waals surface area (Å²) in [6.45, 7) is 0.345. The summed E-state index contributed by atoms with van der Waals surface area (Å²) in [6.07, 6.45) is 4.65. The van der Waals surface area contributed by atoms with Crippen LogP contribution in [0.3, 0.4) is 0 Å². The van der Waals surface area contributed by atoms with E-state index in [1.54, 1.807) is 48.7 Å². The van der Waals surface area contributed by atoms with Crippen LogP contribution in [-0.4, -0.2) is 19.0 Å². The maximum absolute atomic E-state index is 11.6. The number of furan rings is 1. The van der Waals surface area contributed by atoms with E-state index in [2.05, 4.69) is 10.1 Å². The van der Waals surface area contributed by atoms with Gasteiger partial charge in [0.15, 0.2) is 0 Å². The first-order valence-corrected chi connectivity index (χ1v) is 6.35. The molecule has 0 aliphatic carbocycles. The number of hydrogen-bond acceptors (Lipinski definition) is 4. The molecule has 0 spiro atoms.